The van der Waals surface area contributed by atoms with Gasteiger partial charge in [-0.1, -0.05) is 6.92 Å². The summed E-state index contributed by atoms with van der Waals surface area (Å²) >= 11 is 1.68. The van der Waals surface area contributed by atoms with Gasteiger partial charge in [-0.15, -0.1) is 11.3 Å². The topological polar surface area (TPSA) is 34.1 Å². The molecule has 3 nitrogen and oxygen atoms in total. The molecule has 0 atom stereocenters. The minimum atomic E-state index is 0.373. The summed E-state index contributed by atoms with van der Waals surface area (Å²) in [4.78, 5) is 4.40. The number of anilines is 1. The molecule has 0 saturated carbocycles. The molecule has 0 aromatic carbocycles. The van der Waals surface area contributed by atoms with E-state index < -0.39 is 0 Å². The number of hydrogen-bond acceptors (Lipinski definition) is 4. The first kappa shape index (κ1) is 10.9. The van der Waals surface area contributed by atoms with Crippen molar-refractivity contribution in [3.05, 3.63) is 11.1 Å². The number of aromatic nitrogens is 1. The molecule has 0 bridgehead atoms. The third kappa shape index (κ3) is 2.92. The fourth-order valence-electron chi connectivity index (χ4n) is 1.77. The normalized spacial score (nSPS) is 20.1. The molecule has 2 rings (SSSR count). The lowest BCUT2D eigenvalue weighted by atomic mass is 9.82. The van der Waals surface area contributed by atoms with Crippen LogP contribution in [-0.2, 0) is 4.74 Å². The van der Waals surface area contributed by atoms with Crippen molar-refractivity contribution in [1.82, 2.24) is 4.98 Å². The number of hydrogen-bond donors (Lipinski definition) is 1. The summed E-state index contributed by atoms with van der Waals surface area (Å²) in [6.07, 6.45) is 2.29. The molecular formula is C11H18N2OS. The van der Waals surface area contributed by atoms with Gasteiger partial charge in [-0.05, 0) is 25.2 Å². The minimum absolute atomic E-state index is 0.373. The van der Waals surface area contributed by atoms with Crippen LogP contribution in [0, 0.1) is 12.3 Å². The maximum absolute atomic E-state index is 5.38. The molecule has 1 fully saturated rings. The monoisotopic (exact) mass is 226 g/mol. The van der Waals surface area contributed by atoms with E-state index in [1.165, 1.54) is 0 Å². The van der Waals surface area contributed by atoms with E-state index in [1.54, 1.807) is 11.3 Å². The Balaban J connectivity index is 1.86. The van der Waals surface area contributed by atoms with Crippen LogP contribution in [0.1, 0.15) is 25.5 Å². The number of aryl methyl sites for hydroxylation is 1. The van der Waals surface area contributed by atoms with Crippen molar-refractivity contribution in [1.29, 1.82) is 0 Å². The Hall–Kier alpha value is -0.610. The van der Waals surface area contributed by atoms with E-state index in [-0.39, 0.29) is 0 Å². The summed E-state index contributed by atoms with van der Waals surface area (Å²) in [5.74, 6) is 0. The van der Waals surface area contributed by atoms with Gasteiger partial charge in [-0.25, -0.2) is 4.98 Å². The second-order valence-corrected chi connectivity index (χ2v) is 5.43. The SMILES string of the molecule is Cc1csc(NCC2(C)CCOCC2)n1. The molecule has 0 amide bonds. The molecule has 2 heterocycles. The van der Waals surface area contributed by atoms with Gasteiger partial charge in [0, 0.05) is 25.1 Å². The number of nitrogens with one attached hydrogen (secondary N) is 1. The van der Waals surface area contributed by atoms with Gasteiger partial charge in [0.2, 0.25) is 0 Å². The van der Waals surface area contributed by atoms with Crippen LogP contribution in [0.4, 0.5) is 5.13 Å². The van der Waals surface area contributed by atoms with Crippen LogP contribution in [-0.4, -0.2) is 24.7 Å². The summed E-state index contributed by atoms with van der Waals surface area (Å²) in [6.45, 7) is 7.15. The van der Waals surface area contributed by atoms with Crippen molar-refractivity contribution in [2.75, 3.05) is 25.1 Å². The van der Waals surface area contributed by atoms with Crippen molar-refractivity contribution < 1.29 is 4.74 Å². The highest BCUT2D eigenvalue weighted by molar-refractivity contribution is 7.13. The lowest BCUT2D eigenvalue weighted by molar-refractivity contribution is 0.0300. The predicted octanol–water partition coefficient (Wildman–Crippen LogP) is 2.68. The van der Waals surface area contributed by atoms with E-state index >= 15 is 0 Å². The Bertz CT molecular complexity index is 318. The second kappa shape index (κ2) is 4.49. The average Bonchev–Trinajstić information content (AvgIpc) is 2.63. The zero-order valence-corrected chi connectivity index (χ0v) is 10.2. The number of ether oxygens (including phenoxy) is 1. The lowest BCUT2D eigenvalue weighted by Crippen LogP contribution is -2.33. The molecule has 4 heteroatoms. The number of nitrogens with zero attached hydrogens (tertiary/aromatic N) is 1. The third-order valence-electron chi connectivity index (χ3n) is 2.99. The van der Waals surface area contributed by atoms with E-state index in [0.717, 1.165) is 43.4 Å². The highest BCUT2D eigenvalue weighted by Gasteiger charge is 2.27. The Morgan fingerprint density at radius 2 is 2.27 bits per heavy atom. The highest BCUT2D eigenvalue weighted by atomic mass is 32.1. The molecule has 84 valence electrons. The molecule has 15 heavy (non-hydrogen) atoms. The van der Waals surface area contributed by atoms with Crippen LogP contribution in [0.5, 0.6) is 0 Å². The third-order valence-corrected chi connectivity index (χ3v) is 3.90. The predicted molar refractivity (Wildman–Crippen MR) is 63.5 cm³/mol. The zero-order chi connectivity index (χ0) is 10.7. The Morgan fingerprint density at radius 3 is 2.87 bits per heavy atom. The van der Waals surface area contributed by atoms with E-state index in [9.17, 15) is 0 Å². The molecular weight excluding hydrogens is 208 g/mol. The van der Waals surface area contributed by atoms with E-state index in [4.69, 9.17) is 4.74 Å². The Kier molecular flexibility index (Phi) is 3.26. The van der Waals surface area contributed by atoms with E-state index in [1.807, 2.05) is 6.92 Å². The van der Waals surface area contributed by atoms with Crippen molar-refractivity contribution in [2.45, 2.75) is 26.7 Å². The molecule has 1 saturated heterocycles. The Labute approximate surface area is 94.9 Å². The van der Waals surface area contributed by atoms with Gasteiger partial charge in [0.25, 0.3) is 0 Å². The summed E-state index contributed by atoms with van der Waals surface area (Å²) in [5.41, 5.74) is 1.47. The van der Waals surface area contributed by atoms with Gasteiger partial charge in [0.1, 0.15) is 0 Å². The summed E-state index contributed by atoms with van der Waals surface area (Å²) in [7, 11) is 0. The Morgan fingerprint density at radius 1 is 1.53 bits per heavy atom. The maximum Gasteiger partial charge on any atom is 0.182 e. The molecule has 1 aromatic heterocycles. The molecule has 0 aliphatic carbocycles. The van der Waals surface area contributed by atoms with Crippen LogP contribution < -0.4 is 5.32 Å². The van der Waals surface area contributed by atoms with Gasteiger partial charge in [-0.3, -0.25) is 0 Å². The van der Waals surface area contributed by atoms with E-state index in [0.29, 0.717) is 5.41 Å². The second-order valence-electron chi connectivity index (χ2n) is 4.57. The van der Waals surface area contributed by atoms with Crippen molar-refractivity contribution in [2.24, 2.45) is 5.41 Å². The molecule has 1 aliphatic rings. The van der Waals surface area contributed by atoms with Gasteiger partial charge >= 0.3 is 0 Å². The van der Waals surface area contributed by atoms with Gasteiger partial charge in [0.05, 0.1) is 5.69 Å². The van der Waals surface area contributed by atoms with Crippen LogP contribution in [0.2, 0.25) is 0 Å². The first-order chi connectivity index (χ1) is 7.18. The summed E-state index contributed by atoms with van der Waals surface area (Å²) in [6, 6.07) is 0. The number of rotatable bonds is 3. The first-order valence-electron chi connectivity index (χ1n) is 5.42. The van der Waals surface area contributed by atoms with E-state index in [2.05, 4.69) is 22.6 Å². The molecule has 0 unspecified atom stereocenters. The van der Waals surface area contributed by atoms with Gasteiger partial charge in [0.15, 0.2) is 5.13 Å². The molecule has 1 aromatic rings. The standard InChI is InChI=1S/C11H18N2OS/c1-9-7-15-10(13-9)12-8-11(2)3-5-14-6-4-11/h7H,3-6,8H2,1-2H3,(H,12,13). The van der Waals surface area contributed by atoms with Crippen LogP contribution >= 0.6 is 11.3 Å². The fraction of sp³-hybridized carbons (Fsp3) is 0.727. The molecule has 1 N–H and O–H groups in total. The molecule has 1 aliphatic heterocycles. The molecule has 0 spiro atoms. The largest absolute Gasteiger partial charge is 0.381 e. The van der Waals surface area contributed by atoms with Crippen molar-refractivity contribution in [3.63, 3.8) is 0 Å². The smallest absolute Gasteiger partial charge is 0.182 e. The van der Waals surface area contributed by atoms with Crippen molar-refractivity contribution in [3.8, 4) is 0 Å². The van der Waals surface area contributed by atoms with Gasteiger partial charge < -0.3 is 10.1 Å². The zero-order valence-electron chi connectivity index (χ0n) is 9.38. The fourth-order valence-corrected chi connectivity index (χ4v) is 2.45. The highest BCUT2D eigenvalue weighted by Crippen LogP contribution is 2.30. The first-order valence-corrected chi connectivity index (χ1v) is 6.30. The van der Waals surface area contributed by atoms with Crippen LogP contribution in [0.3, 0.4) is 0 Å². The maximum atomic E-state index is 5.38. The number of thiazole rings is 1. The van der Waals surface area contributed by atoms with Crippen molar-refractivity contribution >= 4 is 16.5 Å². The quantitative estimate of drug-likeness (QED) is 0.860. The average molecular weight is 226 g/mol. The molecule has 0 radical (unpaired) electrons. The summed E-state index contributed by atoms with van der Waals surface area (Å²) in [5, 5.41) is 6.55. The van der Waals surface area contributed by atoms with Crippen LogP contribution in [0.15, 0.2) is 5.38 Å². The van der Waals surface area contributed by atoms with Crippen LogP contribution in [0.25, 0.3) is 0 Å². The summed E-state index contributed by atoms with van der Waals surface area (Å²) < 4.78 is 5.38. The lowest BCUT2D eigenvalue weighted by Gasteiger charge is -2.33. The minimum Gasteiger partial charge on any atom is -0.381 e. The van der Waals surface area contributed by atoms with Gasteiger partial charge in [-0.2, -0.15) is 0 Å².